The zero-order chi connectivity index (χ0) is 8.36. The maximum Gasteiger partial charge on any atom is 2.00 e. The van der Waals surface area contributed by atoms with Gasteiger partial charge in [-0.1, -0.05) is 58.3 Å². The van der Waals surface area contributed by atoms with Crippen molar-refractivity contribution >= 4 is 23.1 Å². The van der Waals surface area contributed by atoms with Crippen LogP contribution in [0.3, 0.4) is 0 Å². The zero-order valence-corrected chi connectivity index (χ0v) is 9.89. The van der Waals surface area contributed by atoms with Gasteiger partial charge in [0, 0.05) is 0 Å². The molecule has 0 aliphatic carbocycles. The van der Waals surface area contributed by atoms with Crippen LogP contribution in [0.5, 0.6) is 0 Å². The van der Waals surface area contributed by atoms with E-state index < -0.39 is 0 Å². The number of unbranched alkanes of at least 4 members (excludes halogenated alkanes) is 7. The molecule has 0 spiro atoms. The average Bonchev–Trinajstić information content (AvgIpc) is 2.03. The minimum atomic E-state index is 0. The van der Waals surface area contributed by atoms with Gasteiger partial charge in [-0.05, 0) is 0 Å². The molecule has 12 heavy (non-hydrogen) atoms. The molecule has 0 radical (unpaired) electrons. The molecule has 0 unspecified atom stereocenters. The summed E-state index contributed by atoms with van der Waals surface area (Å²) in [6.07, 6.45) is 10.1. The fraction of sp³-hybridized carbons (Fsp3) is 1.00. The Hall–Kier alpha value is 0.726. The van der Waals surface area contributed by atoms with Crippen LogP contribution in [0, 0.1) is 0 Å². The fourth-order valence-corrected chi connectivity index (χ4v) is 1.24. The van der Waals surface area contributed by atoms with Crippen molar-refractivity contribution in [1.29, 1.82) is 0 Å². The van der Waals surface area contributed by atoms with E-state index in [1.54, 1.807) is 0 Å². The molecule has 0 heterocycles. The third-order valence-electron chi connectivity index (χ3n) is 2.00. The summed E-state index contributed by atoms with van der Waals surface area (Å²) in [6, 6.07) is 0. The Bertz CT molecular complexity index is 58.9. The largest absolute Gasteiger partial charge is 2.00 e. The maximum atomic E-state index is 10.1. The van der Waals surface area contributed by atoms with Gasteiger partial charge < -0.3 is 5.11 Å². The number of hydrogen-bond acceptors (Lipinski definition) is 1. The standard InChI is InChI=1S/C10H21O.Mg/c1-2-3-4-5-6-7-8-9-10-11;/h2-10H2,1H3;/q-1;+2. The molecule has 0 atom stereocenters. The third-order valence-corrected chi connectivity index (χ3v) is 2.00. The van der Waals surface area contributed by atoms with Gasteiger partial charge in [0.2, 0.25) is 0 Å². The van der Waals surface area contributed by atoms with E-state index in [0.29, 0.717) is 0 Å². The normalized spacial score (nSPS) is 9.50. The van der Waals surface area contributed by atoms with E-state index in [1.165, 1.54) is 38.5 Å². The van der Waals surface area contributed by atoms with Gasteiger partial charge in [0.25, 0.3) is 0 Å². The fourth-order valence-electron chi connectivity index (χ4n) is 1.24. The van der Waals surface area contributed by atoms with Gasteiger partial charge in [-0.15, -0.1) is 6.61 Å². The molecule has 68 valence electrons. The summed E-state index contributed by atoms with van der Waals surface area (Å²) < 4.78 is 0. The third kappa shape index (κ3) is 13.3. The molecular weight excluding hydrogens is 160 g/mol. The van der Waals surface area contributed by atoms with Crippen molar-refractivity contribution in [3.05, 3.63) is 0 Å². The molecule has 0 N–H and O–H groups in total. The molecule has 0 saturated heterocycles. The molecule has 0 aromatic carbocycles. The van der Waals surface area contributed by atoms with E-state index in [4.69, 9.17) is 0 Å². The maximum absolute atomic E-state index is 10.1. The predicted molar refractivity (Wildman–Crippen MR) is 53.2 cm³/mol. The van der Waals surface area contributed by atoms with Crippen molar-refractivity contribution in [1.82, 2.24) is 0 Å². The summed E-state index contributed by atoms with van der Waals surface area (Å²) in [6.45, 7) is 2.35. The first-order valence-electron chi connectivity index (χ1n) is 5.00. The van der Waals surface area contributed by atoms with E-state index >= 15 is 0 Å². The van der Waals surface area contributed by atoms with Crippen LogP contribution in [0.25, 0.3) is 0 Å². The van der Waals surface area contributed by atoms with Crippen molar-refractivity contribution in [3.8, 4) is 0 Å². The van der Waals surface area contributed by atoms with Crippen molar-refractivity contribution < 1.29 is 5.11 Å². The summed E-state index contributed by atoms with van der Waals surface area (Å²) in [5, 5.41) is 10.1. The summed E-state index contributed by atoms with van der Waals surface area (Å²) in [4.78, 5) is 0. The Morgan fingerprint density at radius 1 is 0.750 bits per heavy atom. The van der Waals surface area contributed by atoms with Gasteiger partial charge in [0.05, 0.1) is 0 Å². The molecule has 0 amide bonds. The zero-order valence-electron chi connectivity index (χ0n) is 8.48. The molecular formula is C10H21MgO+. The van der Waals surface area contributed by atoms with Gasteiger partial charge in [-0.25, -0.2) is 0 Å². The molecule has 0 saturated carbocycles. The van der Waals surface area contributed by atoms with Crippen LogP contribution in [0.4, 0.5) is 0 Å². The van der Waals surface area contributed by atoms with Crippen LogP contribution in [0.1, 0.15) is 58.3 Å². The Balaban J connectivity index is 0. The van der Waals surface area contributed by atoms with Gasteiger partial charge in [-0.2, -0.15) is 0 Å². The quantitative estimate of drug-likeness (QED) is 0.416. The Labute approximate surface area is 93.1 Å². The monoisotopic (exact) mass is 181 g/mol. The average molecular weight is 182 g/mol. The number of hydrogen-bond donors (Lipinski definition) is 0. The van der Waals surface area contributed by atoms with E-state index in [9.17, 15) is 5.11 Å². The first-order chi connectivity index (χ1) is 5.41. The van der Waals surface area contributed by atoms with Crippen molar-refractivity contribution in [2.75, 3.05) is 6.61 Å². The molecule has 0 fully saturated rings. The Morgan fingerprint density at radius 2 is 1.17 bits per heavy atom. The number of rotatable bonds is 8. The van der Waals surface area contributed by atoms with Crippen molar-refractivity contribution in [2.45, 2.75) is 58.3 Å². The Kier molecular flexibility index (Phi) is 18.1. The molecule has 0 aromatic heterocycles. The van der Waals surface area contributed by atoms with E-state index in [1.807, 2.05) is 0 Å². The van der Waals surface area contributed by atoms with Crippen LogP contribution >= 0.6 is 0 Å². The molecule has 0 aliphatic rings. The SMILES string of the molecule is CCCCCCCCCC[O-].[Mg+2]. The summed E-state index contributed by atoms with van der Waals surface area (Å²) in [7, 11) is 0. The van der Waals surface area contributed by atoms with E-state index in [0.717, 1.165) is 12.8 Å². The minimum Gasteiger partial charge on any atom is -0.854 e. The molecule has 0 bridgehead atoms. The van der Waals surface area contributed by atoms with E-state index in [2.05, 4.69) is 6.92 Å². The van der Waals surface area contributed by atoms with Crippen LogP contribution < -0.4 is 5.11 Å². The van der Waals surface area contributed by atoms with Crippen molar-refractivity contribution in [3.63, 3.8) is 0 Å². The topological polar surface area (TPSA) is 23.1 Å². The molecule has 1 nitrogen and oxygen atoms in total. The van der Waals surface area contributed by atoms with Gasteiger partial charge in [0.1, 0.15) is 0 Å². The van der Waals surface area contributed by atoms with Gasteiger partial charge in [0.15, 0.2) is 0 Å². The second kappa shape index (κ2) is 14.3. The van der Waals surface area contributed by atoms with Crippen molar-refractivity contribution in [2.24, 2.45) is 0 Å². The summed E-state index contributed by atoms with van der Waals surface area (Å²) in [5.41, 5.74) is 0. The van der Waals surface area contributed by atoms with Crippen LogP contribution in [0.15, 0.2) is 0 Å². The molecule has 2 heteroatoms. The molecule has 0 rings (SSSR count). The van der Waals surface area contributed by atoms with Gasteiger partial charge >= 0.3 is 23.1 Å². The first-order valence-corrected chi connectivity index (χ1v) is 5.00. The molecule has 0 aliphatic heterocycles. The van der Waals surface area contributed by atoms with Crippen LogP contribution in [-0.4, -0.2) is 29.7 Å². The second-order valence-electron chi connectivity index (χ2n) is 3.18. The second-order valence-corrected chi connectivity index (χ2v) is 3.18. The first kappa shape index (κ1) is 15.2. The summed E-state index contributed by atoms with van der Waals surface area (Å²) in [5.74, 6) is 0. The van der Waals surface area contributed by atoms with Crippen LogP contribution in [0.2, 0.25) is 0 Å². The van der Waals surface area contributed by atoms with Gasteiger partial charge in [-0.3, -0.25) is 0 Å². The minimum absolute atomic E-state index is 0. The molecule has 0 aromatic rings. The predicted octanol–water partition coefficient (Wildman–Crippen LogP) is 2.11. The Morgan fingerprint density at radius 3 is 1.58 bits per heavy atom. The van der Waals surface area contributed by atoms with Crippen LogP contribution in [-0.2, 0) is 0 Å². The van der Waals surface area contributed by atoms with E-state index in [-0.39, 0.29) is 29.7 Å². The summed E-state index contributed by atoms with van der Waals surface area (Å²) >= 11 is 0. The smallest absolute Gasteiger partial charge is 0.854 e.